The molecule has 10 heteroatoms. The molecule has 0 aliphatic heterocycles. The van der Waals surface area contributed by atoms with Gasteiger partial charge in [-0.25, -0.2) is 0 Å². The molecular weight excluding hydrogens is 419 g/mol. The van der Waals surface area contributed by atoms with Crippen molar-refractivity contribution in [2.45, 2.75) is 25.4 Å². The second-order valence-corrected chi connectivity index (χ2v) is 6.59. The molecule has 1 atom stereocenters. The highest BCUT2D eigenvalue weighted by Crippen LogP contribution is 2.42. The minimum atomic E-state index is -2.99. The predicted molar refractivity (Wildman–Crippen MR) is 97.4 cm³/mol. The Bertz CT molecular complexity index is 785. The van der Waals surface area contributed by atoms with Gasteiger partial charge in [0.2, 0.25) is 0 Å². The van der Waals surface area contributed by atoms with Crippen LogP contribution in [0.3, 0.4) is 0 Å². The maximum absolute atomic E-state index is 12.7. The highest BCUT2D eigenvalue weighted by atomic mass is 35.5. The molecule has 0 spiro atoms. The van der Waals surface area contributed by atoms with Crippen molar-refractivity contribution >= 4 is 23.7 Å². The van der Waals surface area contributed by atoms with Crippen molar-refractivity contribution in [1.29, 1.82) is 0 Å². The van der Waals surface area contributed by atoms with Crippen LogP contribution >= 0.6 is 23.7 Å². The third-order valence-corrected chi connectivity index (χ3v) is 4.70. The number of aromatic nitrogens is 1. The normalized spacial score (nSPS) is 14.6. The molecule has 1 fully saturated rings. The van der Waals surface area contributed by atoms with Crippen LogP contribution in [0.4, 0.5) is 8.78 Å². The molecule has 0 radical (unpaired) electrons. The Balaban J connectivity index is 1.99. The summed E-state index contributed by atoms with van der Waals surface area (Å²) in [6.45, 7) is -2.97. The molecule has 1 aromatic heterocycles. The Morgan fingerprint density at radius 1 is 1.07 bits per heavy atom. The minimum Gasteiger partial charge on any atom is -0.489 e. The Labute approximate surface area is 170 Å². The maximum atomic E-state index is 12.7. The monoisotopic (exact) mass is 435 g/mol. The zero-order chi connectivity index (χ0) is 20.1. The van der Waals surface area contributed by atoms with Gasteiger partial charge in [-0.15, -0.1) is 0 Å². The fourth-order valence-electron chi connectivity index (χ4n) is 2.80. The summed E-state index contributed by atoms with van der Waals surface area (Å²) in [6, 6.07) is 4.41. The molecule has 0 unspecified atom stereocenters. The van der Waals surface area contributed by atoms with E-state index in [-0.39, 0.29) is 29.6 Å². The lowest BCUT2D eigenvalue weighted by atomic mass is 9.91. The molecule has 1 saturated carbocycles. The van der Waals surface area contributed by atoms with Crippen molar-refractivity contribution in [2.24, 2.45) is 5.92 Å². The molecule has 28 heavy (non-hydrogen) atoms. The average Bonchev–Trinajstić information content (AvgIpc) is 3.52. The fourth-order valence-corrected chi connectivity index (χ4v) is 3.05. The first-order valence-electron chi connectivity index (χ1n) is 8.44. The van der Waals surface area contributed by atoms with Gasteiger partial charge in [0.1, 0.15) is 23.7 Å². The van der Waals surface area contributed by atoms with Gasteiger partial charge in [-0.05, 0) is 36.5 Å². The van der Waals surface area contributed by atoms with E-state index in [9.17, 15) is 13.9 Å². The molecule has 152 valence electrons. The summed E-state index contributed by atoms with van der Waals surface area (Å²) in [5.74, 6) is 0.0329. The summed E-state index contributed by atoms with van der Waals surface area (Å²) >= 11 is 11.0. The molecular formula is C18H17Cl2F2NO5. The SMILES string of the molecule is OC[C@@H](c1ccc(OC(F)F)c(OCC2CC2)c1)c1c(OCl)cncc1OCl. The first-order chi connectivity index (χ1) is 13.6. The van der Waals surface area contributed by atoms with Gasteiger partial charge < -0.3 is 23.2 Å². The number of pyridine rings is 1. The number of alkyl halides is 2. The molecule has 1 N–H and O–H groups in total. The Hall–Kier alpha value is -2.03. The van der Waals surface area contributed by atoms with Crippen LogP contribution in [0.5, 0.6) is 23.0 Å². The molecule has 1 aliphatic rings. The number of nitrogens with zero attached hydrogens (tertiary/aromatic N) is 1. The number of aliphatic hydroxyl groups excluding tert-OH is 1. The van der Waals surface area contributed by atoms with Crippen LogP contribution in [0.25, 0.3) is 0 Å². The van der Waals surface area contributed by atoms with Crippen molar-refractivity contribution in [3.05, 3.63) is 41.7 Å². The van der Waals surface area contributed by atoms with Gasteiger partial charge in [0.15, 0.2) is 23.0 Å². The molecule has 6 nitrogen and oxygen atoms in total. The van der Waals surface area contributed by atoms with Gasteiger partial charge in [0.25, 0.3) is 0 Å². The molecule has 3 rings (SSSR count). The summed E-state index contributed by atoms with van der Waals surface area (Å²) in [5.41, 5.74) is 0.879. The first kappa shape index (κ1) is 20.7. The van der Waals surface area contributed by atoms with Gasteiger partial charge >= 0.3 is 6.61 Å². The van der Waals surface area contributed by atoms with Crippen molar-refractivity contribution in [2.75, 3.05) is 13.2 Å². The van der Waals surface area contributed by atoms with Crippen LogP contribution in [-0.4, -0.2) is 29.9 Å². The lowest BCUT2D eigenvalue weighted by Gasteiger charge is -2.20. The Morgan fingerprint density at radius 3 is 2.29 bits per heavy atom. The van der Waals surface area contributed by atoms with E-state index < -0.39 is 12.5 Å². The van der Waals surface area contributed by atoms with E-state index in [1.54, 1.807) is 0 Å². The number of rotatable bonds is 10. The molecule has 1 heterocycles. The third-order valence-electron chi connectivity index (χ3n) is 4.37. The molecule has 0 saturated heterocycles. The number of aliphatic hydroxyl groups is 1. The largest absolute Gasteiger partial charge is 0.489 e. The minimum absolute atomic E-state index is 0.0894. The van der Waals surface area contributed by atoms with Gasteiger partial charge in [-0.2, -0.15) is 8.78 Å². The molecule has 1 aromatic carbocycles. The summed E-state index contributed by atoms with van der Waals surface area (Å²) in [5, 5.41) is 10.00. The van der Waals surface area contributed by atoms with Gasteiger partial charge in [-0.3, -0.25) is 4.98 Å². The van der Waals surface area contributed by atoms with E-state index in [1.807, 2.05) is 0 Å². The highest BCUT2D eigenvalue weighted by Gasteiger charge is 2.27. The van der Waals surface area contributed by atoms with Crippen molar-refractivity contribution < 1.29 is 31.9 Å². The van der Waals surface area contributed by atoms with E-state index in [1.165, 1.54) is 30.6 Å². The van der Waals surface area contributed by atoms with Gasteiger partial charge in [-0.1, -0.05) is 6.07 Å². The topological polar surface area (TPSA) is 70.0 Å². The summed E-state index contributed by atoms with van der Waals surface area (Å²) in [6.07, 6.45) is 4.74. The Morgan fingerprint density at radius 2 is 1.75 bits per heavy atom. The summed E-state index contributed by atoms with van der Waals surface area (Å²) in [4.78, 5) is 3.89. The second kappa shape index (κ2) is 9.45. The van der Waals surface area contributed by atoms with E-state index >= 15 is 0 Å². The molecule has 1 aliphatic carbocycles. The Kier molecular flexibility index (Phi) is 6.98. The third kappa shape index (κ3) is 4.87. The van der Waals surface area contributed by atoms with E-state index in [0.29, 0.717) is 23.7 Å². The van der Waals surface area contributed by atoms with Crippen LogP contribution in [-0.2, 0) is 0 Å². The van der Waals surface area contributed by atoms with Crippen molar-refractivity contribution in [3.63, 3.8) is 0 Å². The number of benzene rings is 1. The smallest absolute Gasteiger partial charge is 0.387 e. The van der Waals surface area contributed by atoms with Gasteiger partial charge in [0, 0.05) is 5.92 Å². The van der Waals surface area contributed by atoms with Crippen LogP contribution < -0.4 is 18.1 Å². The number of hydrogen-bond donors (Lipinski definition) is 1. The molecule has 2 aromatic rings. The highest BCUT2D eigenvalue weighted by molar-refractivity contribution is 6.10. The van der Waals surface area contributed by atoms with Crippen molar-refractivity contribution in [3.8, 4) is 23.0 Å². The zero-order valence-corrected chi connectivity index (χ0v) is 16.0. The zero-order valence-electron chi connectivity index (χ0n) is 14.5. The van der Waals surface area contributed by atoms with Gasteiger partial charge in [0.05, 0.1) is 31.2 Å². The summed E-state index contributed by atoms with van der Waals surface area (Å²) in [7, 11) is 0. The predicted octanol–water partition coefficient (Wildman–Crippen LogP) is 4.66. The maximum Gasteiger partial charge on any atom is 0.387 e. The first-order valence-corrected chi connectivity index (χ1v) is 9.06. The van der Waals surface area contributed by atoms with E-state index in [2.05, 4.69) is 9.72 Å². The number of ether oxygens (including phenoxy) is 2. The number of hydrogen-bond acceptors (Lipinski definition) is 6. The van der Waals surface area contributed by atoms with Crippen LogP contribution in [0, 0.1) is 5.92 Å². The van der Waals surface area contributed by atoms with Crippen LogP contribution in [0.2, 0.25) is 0 Å². The van der Waals surface area contributed by atoms with E-state index in [0.717, 1.165) is 12.8 Å². The standard InChI is InChI=1S/C18H17Cl2F2NO5/c19-27-15-6-23-7-16(28-20)17(15)12(8-24)11-3-4-13(26-18(21)22)14(5-11)25-9-10-1-2-10/h3-7,10,12,18,24H,1-2,8-9H2/t12-/m0/s1. The lowest BCUT2D eigenvalue weighted by Crippen LogP contribution is -2.11. The number of halogens is 4. The van der Waals surface area contributed by atoms with E-state index in [4.69, 9.17) is 37.0 Å². The second-order valence-electron chi connectivity index (χ2n) is 6.28. The lowest BCUT2D eigenvalue weighted by molar-refractivity contribution is -0.0515. The molecule has 0 amide bonds. The van der Waals surface area contributed by atoms with Crippen molar-refractivity contribution in [1.82, 2.24) is 4.98 Å². The quantitative estimate of drug-likeness (QED) is 0.584. The molecule has 0 bridgehead atoms. The average molecular weight is 436 g/mol. The summed E-state index contributed by atoms with van der Waals surface area (Å²) < 4.78 is 45.2. The van der Waals surface area contributed by atoms with Crippen LogP contribution in [0.15, 0.2) is 30.6 Å². The van der Waals surface area contributed by atoms with Crippen LogP contribution in [0.1, 0.15) is 29.9 Å². The fraction of sp³-hybridized carbons (Fsp3) is 0.389.